The highest BCUT2D eigenvalue weighted by Crippen LogP contribution is 2.18. The molecular formula is C14H20N2O4. The lowest BCUT2D eigenvalue weighted by Crippen LogP contribution is -2.35. The number of alkyl carbamates (subject to hydrolysis) is 1. The molecular weight excluding hydrogens is 260 g/mol. The van der Waals surface area contributed by atoms with Crippen molar-refractivity contribution in [3.8, 4) is 5.88 Å². The molecule has 0 unspecified atom stereocenters. The molecule has 0 radical (unpaired) electrons. The molecule has 6 nitrogen and oxygen atoms in total. The number of hydrogen-bond donors (Lipinski definition) is 1. The van der Waals surface area contributed by atoms with Crippen LogP contribution in [0.1, 0.15) is 38.9 Å². The molecule has 1 heterocycles. The van der Waals surface area contributed by atoms with Crippen LogP contribution in [0.4, 0.5) is 4.79 Å². The second-order valence-corrected chi connectivity index (χ2v) is 5.21. The van der Waals surface area contributed by atoms with Crippen LogP contribution in [0, 0.1) is 0 Å². The summed E-state index contributed by atoms with van der Waals surface area (Å²) < 4.78 is 10.2. The summed E-state index contributed by atoms with van der Waals surface area (Å²) in [7, 11) is 1.50. The number of ether oxygens (including phenoxy) is 2. The third kappa shape index (κ3) is 5.26. The van der Waals surface area contributed by atoms with Gasteiger partial charge in [-0.3, -0.25) is 0 Å². The Morgan fingerprint density at radius 2 is 2.15 bits per heavy atom. The highest BCUT2D eigenvalue weighted by atomic mass is 16.6. The van der Waals surface area contributed by atoms with Gasteiger partial charge in [0.2, 0.25) is 5.88 Å². The second kappa shape index (κ2) is 6.88. The molecule has 1 aromatic heterocycles. The Morgan fingerprint density at radius 1 is 1.45 bits per heavy atom. The van der Waals surface area contributed by atoms with Gasteiger partial charge in [-0.25, -0.2) is 9.78 Å². The first-order chi connectivity index (χ1) is 9.35. The molecule has 6 heteroatoms. The van der Waals surface area contributed by atoms with E-state index in [9.17, 15) is 9.59 Å². The smallest absolute Gasteiger partial charge is 0.408 e. The van der Waals surface area contributed by atoms with Gasteiger partial charge in [-0.05, 0) is 26.8 Å². The third-order valence-corrected chi connectivity index (χ3v) is 2.33. The van der Waals surface area contributed by atoms with Gasteiger partial charge in [0.15, 0.2) is 0 Å². The Labute approximate surface area is 118 Å². The van der Waals surface area contributed by atoms with E-state index in [1.807, 2.05) is 0 Å². The monoisotopic (exact) mass is 280 g/mol. The molecule has 0 fully saturated rings. The number of hydrogen-bond acceptors (Lipinski definition) is 5. The quantitative estimate of drug-likeness (QED) is 0.837. The molecule has 1 amide bonds. The standard InChI is InChI=1S/C14H20N2O4/c1-14(2,3)20-13(18)16-11(8-9-17)10-6-5-7-12(15-10)19-4/h5-7,9,11H,8H2,1-4H3,(H,16,18)/t11-/m1/s1. The van der Waals surface area contributed by atoms with Crippen molar-refractivity contribution in [1.82, 2.24) is 10.3 Å². The zero-order valence-electron chi connectivity index (χ0n) is 12.2. The van der Waals surface area contributed by atoms with Crippen molar-refractivity contribution in [2.75, 3.05) is 7.11 Å². The van der Waals surface area contributed by atoms with Crippen molar-refractivity contribution in [2.45, 2.75) is 38.8 Å². The molecule has 0 aliphatic carbocycles. The van der Waals surface area contributed by atoms with Crippen LogP contribution < -0.4 is 10.1 Å². The molecule has 0 saturated heterocycles. The van der Waals surface area contributed by atoms with Crippen molar-refractivity contribution in [1.29, 1.82) is 0 Å². The number of nitrogens with one attached hydrogen (secondary N) is 1. The Kier molecular flexibility index (Phi) is 5.49. The number of rotatable bonds is 5. The van der Waals surface area contributed by atoms with Crippen LogP contribution in [0.2, 0.25) is 0 Å². The van der Waals surface area contributed by atoms with Crippen molar-refractivity contribution in [2.24, 2.45) is 0 Å². The summed E-state index contributed by atoms with van der Waals surface area (Å²) in [4.78, 5) is 26.7. The Hall–Kier alpha value is -2.11. The fraction of sp³-hybridized carbons (Fsp3) is 0.500. The van der Waals surface area contributed by atoms with Crippen molar-refractivity contribution < 1.29 is 19.1 Å². The molecule has 0 bridgehead atoms. The van der Waals surface area contributed by atoms with E-state index in [1.54, 1.807) is 39.0 Å². The van der Waals surface area contributed by atoms with E-state index in [4.69, 9.17) is 9.47 Å². The van der Waals surface area contributed by atoms with E-state index in [0.29, 0.717) is 11.6 Å². The molecule has 20 heavy (non-hydrogen) atoms. The van der Waals surface area contributed by atoms with Gasteiger partial charge in [0, 0.05) is 12.5 Å². The maximum Gasteiger partial charge on any atom is 0.408 e. The minimum atomic E-state index is -0.600. The fourth-order valence-corrected chi connectivity index (χ4v) is 1.54. The Morgan fingerprint density at radius 3 is 2.70 bits per heavy atom. The Balaban J connectivity index is 2.82. The largest absolute Gasteiger partial charge is 0.481 e. The molecule has 110 valence electrons. The second-order valence-electron chi connectivity index (χ2n) is 5.21. The van der Waals surface area contributed by atoms with Crippen LogP contribution in [-0.4, -0.2) is 30.1 Å². The molecule has 1 N–H and O–H groups in total. The van der Waals surface area contributed by atoms with Gasteiger partial charge in [0.05, 0.1) is 18.8 Å². The lowest BCUT2D eigenvalue weighted by molar-refractivity contribution is -0.108. The van der Waals surface area contributed by atoms with Gasteiger partial charge in [-0.15, -0.1) is 0 Å². The van der Waals surface area contributed by atoms with Gasteiger partial charge >= 0.3 is 6.09 Å². The normalized spacial score (nSPS) is 12.4. The van der Waals surface area contributed by atoms with Gasteiger partial charge in [0.25, 0.3) is 0 Å². The van der Waals surface area contributed by atoms with Crippen molar-refractivity contribution in [3.63, 3.8) is 0 Å². The predicted molar refractivity (Wildman–Crippen MR) is 73.6 cm³/mol. The van der Waals surface area contributed by atoms with Crippen molar-refractivity contribution >= 4 is 12.4 Å². The van der Waals surface area contributed by atoms with Gasteiger partial charge < -0.3 is 19.6 Å². The first kappa shape index (κ1) is 15.9. The maximum absolute atomic E-state index is 11.8. The number of methoxy groups -OCH3 is 1. The molecule has 1 atom stereocenters. The summed E-state index contributed by atoms with van der Waals surface area (Å²) >= 11 is 0. The minimum absolute atomic E-state index is 0.111. The van der Waals surface area contributed by atoms with E-state index in [1.165, 1.54) is 7.11 Å². The van der Waals surface area contributed by atoms with Gasteiger partial charge in [-0.1, -0.05) is 6.07 Å². The molecule has 1 aromatic rings. The highest BCUT2D eigenvalue weighted by Gasteiger charge is 2.21. The molecule has 0 saturated carbocycles. The molecule has 0 aliphatic heterocycles. The number of carbonyl (C=O) groups excluding carboxylic acids is 2. The SMILES string of the molecule is COc1cccc([C@@H](CC=O)NC(=O)OC(C)(C)C)n1. The summed E-state index contributed by atoms with van der Waals surface area (Å²) in [5.74, 6) is 0.421. The van der Waals surface area contributed by atoms with Crippen LogP contribution in [0.3, 0.4) is 0 Å². The van der Waals surface area contributed by atoms with Gasteiger partial charge in [-0.2, -0.15) is 0 Å². The summed E-state index contributed by atoms with van der Waals surface area (Å²) in [6.45, 7) is 5.31. The zero-order chi connectivity index (χ0) is 15.2. The number of aromatic nitrogens is 1. The topological polar surface area (TPSA) is 77.5 Å². The number of amides is 1. The van der Waals surface area contributed by atoms with E-state index >= 15 is 0 Å². The first-order valence-electron chi connectivity index (χ1n) is 6.30. The maximum atomic E-state index is 11.8. The molecule has 1 rings (SSSR count). The fourth-order valence-electron chi connectivity index (χ4n) is 1.54. The van der Waals surface area contributed by atoms with Crippen molar-refractivity contribution in [3.05, 3.63) is 23.9 Å². The minimum Gasteiger partial charge on any atom is -0.481 e. The van der Waals surface area contributed by atoms with E-state index in [-0.39, 0.29) is 6.42 Å². The number of nitrogens with zero attached hydrogens (tertiary/aromatic N) is 1. The van der Waals surface area contributed by atoms with Crippen LogP contribution >= 0.6 is 0 Å². The van der Waals surface area contributed by atoms with Gasteiger partial charge in [0.1, 0.15) is 11.9 Å². The summed E-state index contributed by atoms with van der Waals surface area (Å²) in [6, 6.07) is 4.61. The van der Waals surface area contributed by atoms with E-state index in [2.05, 4.69) is 10.3 Å². The number of pyridine rings is 1. The zero-order valence-corrected chi connectivity index (χ0v) is 12.2. The molecule has 0 spiro atoms. The average Bonchev–Trinajstić information content (AvgIpc) is 2.36. The van der Waals surface area contributed by atoms with Crippen LogP contribution in [0.5, 0.6) is 5.88 Å². The molecule has 0 aromatic carbocycles. The highest BCUT2D eigenvalue weighted by molar-refractivity contribution is 5.69. The lowest BCUT2D eigenvalue weighted by Gasteiger charge is -2.22. The summed E-state index contributed by atoms with van der Waals surface area (Å²) in [5.41, 5.74) is -0.0558. The predicted octanol–water partition coefficient (Wildman–Crippen LogP) is 2.25. The summed E-state index contributed by atoms with van der Waals surface area (Å²) in [5, 5.41) is 2.63. The van der Waals surface area contributed by atoms with E-state index < -0.39 is 17.7 Å². The number of aldehydes is 1. The van der Waals surface area contributed by atoms with Crippen LogP contribution in [-0.2, 0) is 9.53 Å². The lowest BCUT2D eigenvalue weighted by atomic mass is 10.1. The average molecular weight is 280 g/mol. The summed E-state index contributed by atoms with van der Waals surface area (Å²) in [6.07, 6.45) is 0.247. The Bertz CT molecular complexity index is 468. The molecule has 0 aliphatic rings. The third-order valence-electron chi connectivity index (χ3n) is 2.33. The first-order valence-corrected chi connectivity index (χ1v) is 6.30. The number of carbonyl (C=O) groups is 2. The van der Waals surface area contributed by atoms with Crippen LogP contribution in [0.15, 0.2) is 18.2 Å². The van der Waals surface area contributed by atoms with Crippen LogP contribution in [0.25, 0.3) is 0 Å². The van der Waals surface area contributed by atoms with E-state index in [0.717, 1.165) is 6.29 Å².